The second kappa shape index (κ2) is 7.39. The second-order valence-corrected chi connectivity index (χ2v) is 7.18. The highest BCUT2D eigenvalue weighted by Crippen LogP contribution is 2.31. The maximum Gasteiger partial charge on any atom is 0.224 e. The van der Waals surface area contributed by atoms with Crippen LogP contribution in [0.2, 0.25) is 0 Å². The minimum absolute atomic E-state index is 0.0577. The molecule has 1 atom stereocenters. The number of aromatic nitrogens is 2. The third-order valence-electron chi connectivity index (χ3n) is 5.38. The summed E-state index contributed by atoms with van der Waals surface area (Å²) in [4.78, 5) is 19.1. The van der Waals surface area contributed by atoms with Crippen LogP contribution in [-0.2, 0) is 11.3 Å². The highest BCUT2D eigenvalue weighted by Gasteiger charge is 2.29. The number of carbonyl (C=O) groups excluding carboxylic acids is 1. The molecule has 0 fully saturated rings. The van der Waals surface area contributed by atoms with Crippen LogP contribution in [-0.4, -0.2) is 27.4 Å². The van der Waals surface area contributed by atoms with E-state index in [1.54, 1.807) is 0 Å². The van der Waals surface area contributed by atoms with Crippen LogP contribution in [0.15, 0.2) is 60.8 Å². The number of rotatable bonds is 4. The Morgan fingerprint density at radius 1 is 1.00 bits per heavy atom. The summed E-state index contributed by atoms with van der Waals surface area (Å²) < 4.78 is 2.17. The van der Waals surface area contributed by atoms with E-state index in [2.05, 4.69) is 66.2 Å². The number of hydrogen-bond donors (Lipinski definition) is 0. The van der Waals surface area contributed by atoms with E-state index in [1.165, 1.54) is 11.1 Å². The highest BCUT2D eigenvalue weighted by atomic mass is 16.2. The van der Waals surface area contributed by atoms with Crippen LogP contribution in [0, 0.1) is 0 Å². The second-order valence-electron chi connectivity index (χ2n) is 7.18. The molecule has 0 radical (unpaired) electrons. The quantitative estimate of drug-likeness (QED) is 0.663. The van der Waals surface area contributed by atoms with Gasteiger partial charge in [-0.15, -0.1) is 0 Å². The molecule has 1 unspecified atom stereocenters. The van der Waals surface area contributed by atoms with Crippen molar-refractivity contribution in [1.29, 1.82) is 0 Å². The standard InChI is InChI=1S/C23H25N3O/c1-3-7-21-23-24-20(16-26(23)15-14-22(27)25(21)2)19-12-10-18(11-13-19)17-8-5-4-6-9-17/h4-6,8-13,16,21H,3,7,14-15H2,1-2H3. The fourth-order valence-electron chi connectivity index (χ4n) is 3.81. The predicted octanol–water partition coefficient (Wildman–Crippen LogP) is 4.92. The summed E-state index contributed by atoms with van der Waals surface area (Å²) in [7, 11) is 1.90. The zero-order valence-electron chi connectivity index (χ0n) is 15.9. The maximum absolute atomic E-state index is 12.3. The number of amides is 1. The van der Waals surface area contributed by atoms with Gasteiger partial charge in [0.1, 0.15) is 5.82 Å². The normalized spacial score (nSPS) is 16.9. The van der Waals surface area contributed by atoms with Gasteiger partial charge in [-0.3, -0.25) is 4.79 Å². The largest absolute Gasteiger partial charge is 0.336 e. The van der Waals surface area contributed by atoms with E-state index in [1.807, 2.05) is 18.0 Å². The van der Waals surface area contributed by atoms with Crippen molar-refractivity contribution in [3.05, 3.63) is 66.6 Å². The Balaban J connectivity index is 1.66. The molecule has 1 aliphatic heterocycles. The van der Waals surface area contributed by atoms with Gasteiger partial charge in [-0.1, -0.05) is 67.9 Å². The minimum Gasteiger partial charge on any atom is -0.336 e. The molecule has 0 saturated carbocycles. The molecule has 4 nitrogen and oxygen atoms in total. The predicted molar refractivity (Wildman–Crippen MR) is 108 cm³/mol. The van der Waals surface area contributed by atoms with Crippen molar-refractivity contribution in [2.24, 2.45) is 0 Å². The molecule has 1 amide bonds. The van der Waals surface area contributed by atoms with Crippen LogP contribution in [0.4, 0.5) is 0 Å². The lowest BCUT2D eigenvalue weighted by Gasteiger charge is -2.25. The molecule has 2 aromatic carbocycles. The molecule has 1 aliphatic rings. The molecule has 0 N–H and O–H groups in total. The molecule has 3 aromatic rings. The van der Waals surface area contributed by atoms with Gasteiger partial charge >= 0.3 is 0 Å². The Morgan fingerprint density at radius 2 is 1.67 bits per heavy atom. The van der Waals surface area contributed by atoms with Crippen LogP contribution in [0.25, 0.3) is 22.4 Å². The smallest absolute Gasteiger partial charge is 0.224 e. The number of hydrogen-bond acceptors (Lipinski definition) is 2. The number of imidazole rings is 1. The first-order chi connectivity index (χ1) is 13.2. The van der Waals surface area contributed by atoms with Crippen molar-refractivity contribution in [3.63, 3.8) is 0 Å². The van der Waals surface area contributed by atoms with Crippen molar-refractivity contribution in [3.8, 4) is 22.4 Å². The highest BCUT2D eigenvalue weighted by molar-refractivity contribution is 5.77. The van der Waals surface area contributed by atoms with Crippen LogP contribution in [0.5, 0.6) is 0 Å². The van der Waals surface area contributed by atoms with Crippen molar-refractivity contribution in [2.75, 3.05) is 7.05 Å². The fraction of sp³-hybridized carbons (Fsp3) is 0.304. The molecule has 0 saturated heterocycles. The van der Waals surface area contributed by atoms with E-state index in [0.717, 1.165) is 29.9 Å². The van der Waals surface area contributed by atoms with Gasteiger partial charge in [0.2, 0.25) is 5.91 Å². The summed E-state index contributed by atoms with van der Waals surface area (Å²) in [5, 5.41) is 0. The van der Waals surface area contributed by atoms with Crippen molar-refractivity contribution in [2.45, 2.75) is 38.8 Å². The molecule has 0 spiro atoms. The molecule has 138 valence electrons. The van der Waals surface area contributed by atoms with Crippen LogP contribution >= 0.6 is 0 Å². The molecule has 4 rings (SSSR count). The first-order valence-electron chi connectivity index (χ1n) is 9.66. The van der Waals surface area contributed by atoms with Gasteiger partial charge in [0, 0.05) is 31.8 Å². The van der Waals surface area contributed by atoms with Gasteiger partial charge in [-0.2, -0.15) is 0 Å². The number of aryl methyl sites for hydroxylation is 1. The number of nitrogens with zero attached hydrogens (tertiary/aromatic N) is 3. The Labute approximate surface area is 160 Å². The first kappa shape index (κ1) is 17.5. The molecule has 4 heteroatoms. The maximum atomic E-state index is 12.3. The van der Waals surface area contributed by atoms with Crippen molar-refractivity contribution < 1.29 is 4.79 Å². The lowest BCUT2D eigenvalue weighted by molar-refractivity contribution is -0.131. The number of benzene rings is 2. The topological polar surface area (TPSA) is 38.1 Å². The lowest BCUT2D eigenvalue weighted by atomic mass is 10.0. The van der Waals surface area contributed by atoms with Crippen molar-refractivity contribution >= 4 is 5.91 Å². The average Bonchev–Trinajstić information content (AvgIpc) is 3.10. The Hall–Kier alpha value is -2.88. The average molecular weight is 359 g/mol. The van der Waals surface area contributed by atoms with Gasteiger partial charge in [-0.05, 0) is 17.5 Å². The van der Waals surface area contributed by atoms with Crippen LogP contribution in [0.3, 0.4) is 0 Å². The number of fused-ring (bicyclic) bond motifs is 1. The minimum atomic E-state index is 0.0577. The Bertz CT molecular complexity index is 928. The van der Waals surface area contributed by atoms with Gasteiger partial charge < -0.3 is 9.47 Å². The fourth-order valence-corrected chi connectivity index (χ4v) is 3.81. The summed E-state index contributed by atoms with van der Waals surface area (Å²) in [6.07, 6.45) is 4.59. The molecule has 1 aromatic heterocycles. The van der Waals surface area contributed by atoms with Gasteiger partial charge in [0.25, 0.3) is 0 Å². The van der Waals surface area contributed by atoms with Crippen LogP contribution < -0.4 is 0 Å². The monoisotopic (exact) mass is 359 g/mol. The summed E-state index contributed by atoms with van der Waals surface area (Å²) in [6.45, 7) is 2.85. The van der Waals surface area contributed by atoms with Gasteiger partial charge in [-0.25, -0.2) is 4.98 Å². The van der Waals surface area contributed by atoms with E-state index in [-0.39, 0.29) is 11.9 Å². The zero-order chi connectivity index (χ0) is 18.8. The molecule has 0 bridgehead atoms. The zero-order valence-corrected chi connectivity index (χ0v) is 15.9. The summed E-state index contributed by atoms with van der Waals surface area (Å²) >= 11 is 0. The van der Waals surface area contributed by atoms with Gasteiger partial charge in [0.15, 0.2) is 0 Å². The van der Waals surface area contributed by atoms with E-state index in [4.69, 9.17) is 4.98 Å². The first-order valence-corrected chi connectivity index (χ1v) is 9.66. The Kier molecular flexibility index (Phi) is 4.80. The molecular formula is C23H25N3O. The molecular weight excluding hydrogens is 334 g/mol. The lowest BCUT2D eigenvalue weighted by Crippen LogP contribution is -2.30. The van der Waals surface area contributed by atoms with E-state index in [9.17, 15) is 4.79 Å². The SMILES string of the molecule is CCCC1c2nc(-c3ccc(-c4ccccc4)cc3)cn2CCC(=O)N1C. The van der Waals surface area contributed by atoms with E-state index >= 15 is 0 Å². The van der Waals surface area contributed by atoms with Crippen molar-refractivity contribution in [1.82, 2.24) is 14.5 Å². The molecule has 0 aliphatic carbocycles. The summed E-state index contributed by atoms with van der Waals surface area (Å²) in [6, 6.07) is 19.0. The van der Waals surface area contributed by atoms with E-state index < -0.39 is 0 Å². The molecule has 2 heterocycles. The van der Waals surface area contributed by atoms with Gasteiger partial charge in [0.05, 0.1) is 11.7 Å². The van der Waals surface area contributed by atoms with Crippen LogP contribution in [0.1, 0.15) is 38.1 Å². The third kappa shape index (κ3) is 3.39. The number of carbonyl (C=O) groups is 1. The Morgan fingerprint density at radius 3 is 2.37 bits per heavy atom. The van der Waals surface area contributed by atoms with E-state index in [0.29, 0.717) is 13.0 Å². The third-order valence-corrected chi connectivity index (χ3v) is 5.38. The molecule has 27 heavy (non-hydrogen) atoms. The summed E-state index contributed by atoms with van der Waals surface area (Å²) in [5.41, 5.74) is 4.51. The summed E-state index contributed by atoms with van der Waals surface area (Å²) in [5.74, 6) is 1.21.